The summed E-state index contributed by atoms with van der Waals surface area (Å²) in [7, 11) is 0.165. The Bertz CT molecular complexity index is 1140. The van der Waals surface area contributed by atoms with Crippen molar-refractivity contribution in [2.24, 2.45) is 0 Å². The van der Waals surface area contributed by atoms with Gasteiger partial charge in [0, 0.05) is 19.8 Å². The summed E-state index contributed by atoms with van der Waals surface area (Å²) in [5.41, 5.74) is 4.31. The molecule has 0 aliphatic carbocycles. The van der Waals surface area contributed by atoms with E-state index in [1.165, 1.54) is 0 Å². The van der Waals surface area contributed by atoms with Gasteiger partial charge in [0.15, 0.2) is 0 Å². The Hall–Kier alpha value is -3.11. The molecule has 0 radical (unpaired) electrons. The lowest BCUT2D eigenvalue weighted by molar-refractivity contribution is 0.606. The summed E-state index contributed by atoms with van der Waals surface area (Å²) in [6.07, 6.45) is 2.20. The number of nitrogens with zero attached hydrogens (tertiary/aromatic N) is 1. The Kier molecular flexibility index (Phi) is 6.58. The second-order valence-electron chi connectivity index (χ2n) is 7.42. The molecule has 3 nitrogen and oxygen atoms in total. The molecule has 3 aromatic rings. The van der Waals surface area contributed by atoms with E-state index in [2.05, 4.69) is 6.58 Å². The van der Waals surface area contributed by atoms with Crippen LogP contribution in [0.5, 0.6) is 0 Å². The third-order valence-electron chi connectivity index (χ3n) is 4.99. The van der Waals surface area contributed by atoms with Crippen molar-refractivity contribution in [3.8, 4) is 0 Å². The normalized spacial score (nSPS) is 12.2. The Labute approximate surface area is 179 Å². The average molecular weight is 418 g/mol. The van der Waals surface area contributed by atoms with Crippen molar-refractivity contribution in [2.45, 2.75) is 18.2 Å². The van der Waals surface area contributed by atoms with Crippen molar-refractivity contribution in [1.29, 1.82) is 0 Å². The van der Waals surface area contributed by atoms with Crippen LogP contribution in [0, 0.1) is 6.92 Å². The van der Waals surface area contributed by atoms with Gasteiger partial charge < -0.3 is 4.90 Å². The molecular weight excluding hydrogens is 390 g/mol. The van der Waals surface area contributed by atoms with Crippen LogP contribution in [0.3, 0.4) is 0 Å². The van der Waals surface area contributed by atoms with Crippen molar-refractivity contribution in [1.82, 2.24) is 0 Å². The highest BCUT2D eigenvalue weighted by atomic mass is 32.2. The maximum atomic E-state index is 13.8. The lowest BCUT2D eigenvalue weighted by Gasteiger charge is -2.18. The topological polar surface area (TPSA) is 37.4 Å². The highest BCUT2D eigenvalue weighted by molar-refractivity contribution is 8.01. The summed E-state index contributed by atoms with van der Waals surface area (Å²) in [4.78, 5) is 2.60. The van der Waals surface area contributed by atoms with Crippen LogP contribution >= 0.6 is 0 Å². The van der Waals surface area contributed by atoms with Crippen molar-refractivity contribution in [3.05, 3.63) is 108 Å². The third-order valence-corrected chi connectivity index (χ3v) is 6.90. The quantitative estimate of drug-likeness (QED) is 0.351. The number of benzene rings is 3. The Morgan fingerprint density at radius 1 is 0.867 bits per heavy atom. The zero-order valence-corrected chi connectivity index (χ0v) is 18.5. The van der Waals surface area contributed by atoms with E-state index in [-0.39, 0.29) is 4.90 Å². The highest BCUT2D eigenvalue weighted by Crippen LogP contribution is 2.37. The van der Waals surface area contributed by atoms with Crippen LogP contribution < -0.4 is 4.90 Å². The lowest BCUT2D eigenvalue weighted by Crippen LogP contribution is -2.10. The summed E-state index contributed by atoms with van der Waals surface area (Å²) >= 11 is 0. The van der Waals surface area contributed by atoms with Gasteiger partial charge in [0.2, 0.25) is 9.84 Å². The van der Waals surface area contributed by atoms with E-state index < -0.39 is 9.84 Å². The predicted molar refractivity (Wildman–Crippen MR) is 127 cm³/mol. The zero-order chi connectivity index (χ0) is 21.7. The van der Waals surface area contributed by atoms with E-state index in [9.17, 15) is 8.42 Å². The Morgan fingerprint density at radius 2 is 1.47 bits per heavy atom. The standard InChI is InChI=1S/C26H27NO2S/c1-5-9-25(21-10-7-6-8-11-21)26(22-14-16-23(17-15-22)27(3)4)30(28,29)24-18-12-20(2)13-19-24/h5-8,10-19H,1,9H2,2-4H3/b26-25-. The van der Waals surface area contributed by atoms with Gasteiger partial charge in [0.25, 0.3) is 0 Å². The lowest BCUT2D eigenvalue weighted by atomic mass is 9.99. The first kappa shape index (κ1) is 21.6. The fourth-order valence-corrected chi connectivity index (χ4v) is 5.07. The number of aryl methyl sites for hydroxylation is 1. The van der Waals surface area contributed by atoms with Crippen LogP contribution in [0.4, 0.5) is 5.69 Å². The largest absolute Gasteiger partial charge is 0.378 e. The van der Waals surface area contributed by atoms with Gasteiger partial charge in [0.1, 0.15) is 0 Å². The summed E-state index contributed by atoms with van der Waals surface area (Å²) in [5.74, 6) is 0. The molecular formula is C26H27NO2S. The first-order valence-corrected chi connectivity index (χ1v) is 11.3. The Balaban J connectivity index is 2.32. The molecule has 0 aliphatic heterocycles. The molecule has 3 rings (SSSR count). The molecule has 0 unspecified atom stereocenters. The van der Waals surface area contributed by atoms with E-state index in [0.29, 0.717) is 16.9 Å². The molecule has 0 N–H and O–H groups in total. The first-order chi connectivity index (χ1) is 14.3. The van der Waals surface area contributed by atoms with Gasteiger partial charge >= 0.3 is 0 Å². The number of rotatable bonds is 7. The third kappa shape index (κ3) is 4.55. The fraction of sp³-hybridized carbons (Fsp3) is 0.154. The molecule has 0 bridgehead atoms. The number of sulfone groups is 1. The van der Waals surface area contributed by atoms with Gasteiger partial charge in [0.05, 0.1) is 9.80 Å². The molecule has 0 fully saturated rings. The smallest absolute Gasteiger partial charge is 0.207 e. The number of anilines is 1. The van der Waals surface area contributed by atoms with Crippen molar-refractivity contribution < 1.29 is 8.42 Å². The predicted octanol–water partition coefficient (Wildman–Crippen LogP) is 5.98. The summed E-state index contributed by atoms with van der Waals surface area (Å²) < 4.78 is 27.7. The zero-order valence-electron chi connectivity index (χ0n) is 17.7. The number of allylic oxidation sites excluding steroid dienone is 2. The van der Waals surface area contributed by atoms with Gasteiger partial charge in [-0.2, -0.15) is 0 Å². The van der Waals surface area contributed by atoms with E-state index in [1.807, 2.05) is 92.6 Å². The molecule has 154 valence electrons. The fourth-order valence-electron chi connectivity index (χ4n) is 3.36. The molecule has 30 heavy (non-hydrogen) atoms. The molecule has 0 spiro atoms. The van der Waals surface area contributed by atoms with Crippen molar-refractivity contribution in [3.63, 3.8) is 0 Å². The molecule has 0 heterocycles. The van der Waals surface area contributed by atoms with Gasteiger partial charge in [-0.25, -0.2) is 8.42 Å². The molecule has 0 saturated carbocycles. The van der Waals surface area contributed by atoms with Crippen LogP contribution in [-0.2, 0) is 9.84 Å². The minimum Gasteiger partial charge on any atom is -0.378 e. The van der Waals surface area contributed by atoms with E-state index in [4.69, 9.17) is 0 Å². The van der Waals surface area contributed by atoms with Gasteiger partial charge in [-0.05, 0) is 54.3 Å². The van der Waals surface area contributed by atoms with Crippen molar-refractivity contribution in [2.75, 3.05) is 19.0 Å². The maximum absolute atomic E-state index is 13.8. The van der Waals surface area contributed by atoms with Crippen LogP contribution in [0.15, 0.2) is 96.4 Å². The molecule has 4 heteroatoms. The number of hydrogen-bond donors (Lipinski definition) is 0. The van der Waals surface area contributed by atoms with Gasteiger partial charge in [-0.15, -0.1) is 6.58 Å². The van der Waals surface area contributed by atoms with Crippen LogP contribution in [0.25, 0.3) is 10.5 Å². The highest BCUT2D eigenvalue weighted by Gasteiger charge is 2.26. The Morgan fingerprint density at radius 3 is 2.00 bits per heavy atom. The average Bonchev–Trinajstić information content (AvgIpc) is 2.74. The molecule has 0 aromatic heterocycles. The monoisotopic (exact) mass is 417 g/mol. The minimum atomic E-state index is -3.76. The number of hydrogen-bond acceptors (Lipinski definition) is 3. The molecule has 0 atom stereocenters. The van der Waals surface area contributed by atoms with Crippen LogP contribution in [0.1, 0.15) is 23.1 Å². The van der Waals surface area contributed by atoms with E-state index in [0.717, 1.165) is 22.4 Å². The molecule has 0 aliphatic rings. The second kappa shape index (κ2) is 9.14. The van der Waals surface area contributed by atoms with Crippen molar-refractivity contribution >= 4 is 26.0 Å². The maximum Gasteiger partial charge on any atom is 0.207 e. The van der Waals surface area contributed by atoms with E-state index >= 15 is 0 Å². The first-order valence-electron chi connectivity index (χ1n) is 9.83. The molecule has 0 saturated heterocycles. The second-order valence-corrected chi connectivity index (χ2v) is 9.31. The van der Waals surface area contributed by atoms with Crippen LogP contribution in [-0.4, -0.2) is 22.5 Å². The van der Waals surface area contributed by atoms with Gasteiger partial charge in [-0.1, -0.05) is 66.2 Å². The SMILES string of the molecule is C=CC/C(=C(\c1ccc(N(C)C)cc1)S(=O)(=O)c1ccc(C)cc1)c1ccccc1. The summed E-state index contributed by atoms with van der Waals surface area (Å²) in [5, 5.41) is 0. The van der Waals surface area contributed by atoms with Crippen LogP contribution in [0.2, 0.25) is 0 Å². The summed E-state index contributed by atoms with van der Waals surface area (Å²) in [6, 6.07) is 24.3. The molecule has 3 aromatic carbocycles. The van der Waals surface area contributed by atoms with Gasteiger partial charge in [-0.3, -0.25) is 0 Å². The molecule has 0 amide bonds. The summed E-state index contributed by atoms with van der Waals surface area (Å²) in [6.45, 7) is 5.81. The van der Waals surface area contributed by atoms with E-state index in [1.54, 1.807) is 18.2 Å². The minimum absolute atomic E-state index is 0.289.